The van der Waals surface area contributed by atoms with E-state index in [-0.39, 0.29) is 11.1 Å². The van der Waals surface area contributed by atoms with Crippen LogP contribution in [0.15, 0.2) is 54.6 Å². The SMILES string of the molecule is CC(c1ccc(F)c(F)c1)N(C)C(=O)/C=C(/c1ccccc1)C(F)(F)F. The largest absolute Gasteiger partial charge is 0.417 e. The Morgan fingerprint density at radius 3 is 2.19 bits per heavy atom. The van der Waals surface area contributed by atoms with Crippen LogP contribution in [-0.4, -0.2) is 24.0 Å². The molecular formula is C19H16F5NO. The lowest BCUT2D eigenvalue weighted by molar-refractivity contribution is -0.127. The van der Waals surface area contributed by atoms with Crippen LogP contribution in [0.25, 0.3) is 5.57 Å². The van der Waals surface area contributed by atoms with Gasteiger partial charge in [0.05, 0.1) is 11.6 Å². The number of allylic oxidation sites excluding steroid dienone is 1. The molecule has 2 aromatic rings. The Hall–Kier alpha value is -2.70. The zero-order valence-corrected chi connectivity index (χ0v) is 14.0. The third-order valence-corrected chi connectivity index (χ3v) is 4.01. The molecule has 7 heteroatoms. The minimum atomic E-state index is -4.72. The van der Waals surface area contributed by atoms with Crippen LogP contribution in [0.2, 0.25) is 0 Å². The van der Waals surface area contributed by atoms with Gasteiger partial charge in [-0.15, -0.1) is 0 Å². The summed E-state index contributed by atoms with van der Waals surface area (Å²) in [6.07, 6.45) is -4.21. The van der Waals surface area contributed by atoms with Crippen LogP contribution >= 0.6 is 0 Å². The van der Waals surface area contributed by atoms with Crippen molar-refractivity contribution in [2.75, 3.05) is 7.05 Å². The van der Waals surface area contributed by atoms with E-state index >= 15 is 0 Å². The van der Waals surface area contributed by atoms with E-state index in [0.29, 0.717) is 6.08 Å². The van der Waals surface area contributed by atoms with Crippen molar-refractivity contribution in [2.24, 2.45) is 0 Å². The summed E-state index contributed by atoms with van der Waals surface area (Å²) in [5.74, 6) is -3.04. The summed E-state index contributed by atoms with van der Waals surface area (Å²) in [5.41, 5.74) is -0.948. The quantitative estimate of drug-likeness (QED) is 0.540. The fourth-order valence-corrected chi connectivity index (χ4v) is 2.36. The fraction of sp³-hybridized carbons (Fsp3) is 0.211. The molecular weight excluding hydrogens is 353 g/mol. The average molecular weight is 369 g/mol. The molecule has 2 rings (SSSR count). The molecule has 0 heterocycles. The summed E-state index contributed by atoms with van der Waals surface area (Å²) in [5, 5.41) is 0. The van der Waals surface area contributed by atoms with Gasteiger partial charge in [-0.25, -0.2) is 8.78 Å². The second kappa shape index (κ2) is 7.68. The third-order valence-electron chi connectivity index (χ3n) is 4.01. The molecule has 0 bridgehead atoms. The monoisotopic (exact) mass is 369 g/mol. The number of amides is 1. The Bertz CT molecular complexity index is 814. The standard InChI is InChI=1S/C19H16F5NO/c1-12(14-8-9-16(20)17(21)10-14)25(2)18(26)11-15(19(22,23)24)13-6-4-3-5-7-13/h3-12H,1-2H3/b15-11-. The summed E-state index contributed by atoms with van der Waals surface area (Å²) < 4.78 is 66.3. The molecule has 2 nitrogen and oxygen atoms in total. The van der Waals surface area contributed by atoms with E-state index in [1.807, 2.05) is 0 Å². The lowest BCUT2D eigenvalue weighted by Gasteiger charge is -2.25. The Morgan fingerprint density at radius 2 is 1.65 bits per heavy atom. The second-order valence-corrected chi connectivity index (χ2v) is 5.72. The smallest absolute Gasteiger partial charge is 0.335 e. The van der Waals surface area contributed by atoms with Gasteiger partial charge < -0.3 is 4.90 Å². The van der Waals surface area contributed by atoms with Crippen molar-refractivity contribution in [3.05, 3.63) is 77.4 Å². The number of carbonyl (C=O) groups is 1. The van der Waals surface area contributed by atoms with Crippen molar-refractivity contribution in [1.29, 1.82) is 0 Å². The predicted molar refractivity (Wildman–Crippen MR) is 88.0 cm³/mol. The Balaban J connectivity index is 2.32. The van der Waals surface area contributed by atoms with Gasteiger partial charge in [0.15, 0.2) is 11.6 Å². The van der Waals surface area contributed by atoms with Gasteiger partial charge in [-0.3, -0.25) is 4.79 Å². The van der Waals surface area contributed by atoms with E-state index in [0.717, 1.165) is 17.0 Å². The van der Waals surface area contributed by atoms with E-state index in [4.69, 9.17) is 0 Å². The Kier molecular flexibility index (Phi) is 5.79. The van der Waals surface area contributed by atoms with E-state index < -0.39 is 35.3 Å². The number of alkyl halides is 3. The highest BCUT2D eigenvalue weighted by Crippen LogP contribution is 2.34. The molecule has 0 saturated heterocycles. The zero-order chi connectivity index (χ0) is 19.5. The number of benzene rings is 2. The van der Waals surface area contributed by atoms with Crippen LogP contribution in [0.5, 0.6) is 0 Å². The maximum atomic E-state index is 13.4. The van der Waals surface area contributed by atoms with Gasteiger partial charge in [-0.2, -0.15) is 13.2 Å². The fourth-order valence-electron chi connectivity index (χ4n) is 2.36. The number of hydrogen-bond acceptors (Lipinski definition) is 1. The van der Waals surface area contributed by atoms with Gasteiger partial charge in [-0.05, 0) is 30.2 Å². The number of likely N-dealkylation sites (N-methyl/N-ethyl adjacent to an activating group) is 1. The highest BCUT2D eigenvalue weighted by atomic mass is 19.4. The van der Waals surface area contributed by atoms with Gasteiger partial charge in [-0.1, -0.05) is 36.4 Å². The molecule has 1 unspecified atom stereocenters. The summed E-state index contributed by atoms with van der Waals surface area (Å²) in [7, 11) is 1.30. The van der Waals surface area contributed by atoms with E-state index in [1.165, 1.54) is 44.3 Å². The van der Waals surface area contributed by atoms with Crippen molar-refractivity contribution in [1.82, 2.24) is 4.90 Å². The minimum Gasteiger partial charge on any atom is -0.335 e. The number of halogens is 5. The van der Waals surface area contributed by atoms with Crippen LogP contribution in [0.3, 0.4) is 0 Å². The molecule has 1 atom stereocenters. The second-order valence-electron chi connectivity index (χ2n) is 5.72. The number of nitrogens with zero attached hydrogens (tertiary/aromatic N) is 1. The summed E-state index contributed by atoms with van der Waals surface area (Å²) in [6.45, 7) is 1.51. The third kappa shape index (κ3) is 4.47. The first kappa shape index (κ1) is 19.6. The zero-order valence-electron chi connectivity index (χ0n) is 14.0. The van der Waals surface area contributed by atoms with Crippen molar-refractivity contribution in [3.63, 3.8) is 0 Å². The first-order valence-corrected chi connectivity index (χ1v) is 7.67. The Morgan fingerprint density at radius 1 is 1.04 bits per heavy atom. The summed E-state index contributed by atoms with van der Waals surface area (Å²) in [6, 6.07) is 9.29. The van der Waals surface area contributed by atoms with Crippen molar-refractivity contribution in [2.45, 2.75) is 19.1 Å². The van der Waals surface area contributed by atoms with Crippen molar-refractivity contribution >= 4 is 11.5 Å². The van der Waals surface area contributed by atoms with E-state index in [9.17, 15) is 26.7 Å². The molecule has 0 radical (unpaired) electrons. The van der Waals surface area contributed by atoms with E-state index in [2.05, 4.69) is 0 Å². The molecule has 0 N–H and O–H groups in total. The molecule has 26 heavy (non-hydrogen) atoms. The van der Waals surface area contributed by atoms with Crippen LogP contribution < -0.4 is 0 Å². The summed E-state index contributed by atoms with van der Waals surface area (Å²) >= 11 is 0. The van der Waals surface area contributed by atoms with Crippen molar-refractivity contribution in [3.8, 4) is 0 Å². The lowest BCUT2D eigenvalue weighted by atomic mass is 10.0. The van der Waals surface area contributed by atoms with Crippen LogP contribution in [-0.2, 0) is 4.79 Å². The minimum absolute atomic E-state index is 0.137. The molecule has 0 aromatic heterocycles. The molecule has 0 aliphatic carbocycles. The highest BCUT2D eigenvalue weighted by Gasteiger charge is 2.35. The van der Waals surface area contributed by atoms with Crippen LogP contribution in [0.4, 0.5) is 22.0 Å². The van der Waals surface area contributed by atoms with Gasteiger partial charge >= 0.3 is 6.18 Å². The number of hydrogen-bond donors (Lipinski definition) is 0. The van der Waals surface area contributed by atoms with E-state index in [1.54, 1.807) is 6.07 Å². The molecule has 1 amide bonds. The molecule has 138 valence electrons. The van der Waals surface area contributed by atoms with Gasteiger partial charge in [0.2, 0.25) is 5.91 Å². The highest BCUT2D eigenvalue weighted by molar-refractivity contribution is 5.96. The lowest BCUT2D eigenvalue weighted by Crippen LogP contribution is -2.29. The molecule has 0 spiro atoms. The average Bonchev–Trinajstić information content (AvgIpc) is 2.60. The molecule has 2 aromatic carbocycles. The first-order valence-electron chi connectivity index (χ1n) is 7.67. The topological polar surface area (TPSA) is 20.3 Å². The van der Waals surface area contributed by atoms with Crippen LogP contribution in [0, 0.1) is 11.6 Å². The maximum absolute atomic E-state index is 13.4. The van der Waals surface area contributed by atoms with Gasteiger partial charge in [0.1, 0.15) is 0 Å². The Labute approximate surface area is 147 Å². The van der Waals surface area contributed by atoms with Crippen molar-refractivity contribution < 1.29 is 26.7 Å². The predicted octanol–water partition coefficient (Wildman–Crippen LogP) is 5.13. The normalized spacial score (nSPS) is 13.4. The number of rotatable bonds is 4. The molecule has 0 aliphatic heterocycles. The molecule has 0 saturated carbocycles. The maximum Gasteiger partial charge on any atom is 0.417 e. The molecule has 0 aliphatic rings. The van der Waals surface area contributed by atoms with Gasteiger partial charge in [0.25, 0.3) is 0 Å². The van der Waals surface area contributed by atoms with Crippen LogP contribution in [0.1, 0.15) is 24.1 Å². The molecule has 0 fully saturated rings. The number of carbonyl (C=O) groups excluding carboxylic acids is 1. The first-order chi connectivity index (χ1) is 12.1. The van der Waals surface area contributed by atoms with Gasteiger partial charge in [0, 0.05) is 13.1 Å². The summed E-state index contributed by atoms with van der Waals surface area (Å²) in [4.78, 5) is 13.4.